The van der Waals surface area contributed by atoms with Crippen molar-refractivity contribution in [1.82, 2.24) is 4.90 Å². The van der Waals surface area contributed by atoms with E-state index in [0.29, 0.717) is 35.8 Å². The van der Waals surface area contributed by atoms with E-state index in [9.17, 15) is 9.50 Å². The van der Waals surface area contributed by atoms with Gasteiger partial charge < -0.3 is 10.0 Å². The highest BCUT2D eigenvalue weighted by Gasteiger charge is 2.33. The molecule has 20 heavy (non-hydrogen) atoms. The minimum absolute atomic E-state index is 0.285. The fourth-order valence-corrected chi connectivity index (χ4v) is 3.07. The highest BCUT2D eigenvalue weighted by molar-refractivity contribution is 6.30. The van der Waals surface area contributed by atoms with Gasteiger partial charge in [0.15, 0.2) is 0 Å². The van der Waals surface area contributed by atoms with E-state index >= 15 is 0 Å². The van der Waals surface area contributed by atoms with E-state index < -0.39 is 5.60 Å². The van der Waals surface area contributed by atoms with E-state index in [-0.39, 0.29) is 5.82 Å². The maximum atomic E-state index is 13.8. The van der Waals surface area contributed by atoms with Gasteiger partial charge in [0.2, 0.25) is 0 Å². The molecule has 4 heteroatoms. The molecule has 1 aliphatic rings. The van der Waals surface area contributed by atoms with Crippen LogP contribution in [-0.2, 0) is 6.42 Å². The lowest BCUT2D eigenvalue weighted by Crippen LogP contribution is -2.46. The molecule has 0 bridgehead atoms. The number of nitrogens with zero attached hydrogens (tertiary/aromatic N) is 1. The molecule has 0 unspecified atom stereocenters. The van der Waals surface area contributed by atoms with Crippen LogP contribution < -0.4 is 0 Å². The van der Waals surface area contributed by atoms with Crippen molar-refractivity contribution >= 4 is 11.6 Å². The molecule has 112 valence electrons. The quantitative estimate of drug-likeness (QED) is 0.920. The molecular weight excluding hydrogens is 277 g/mol. The van der Waals surface area contributed by atoms with Gasteiger partial charge in [-0.15, -0.1) is 0 Å². The normalized spacial score (nSPS) is 19.5. The van der Waals surface area contributed by atoms with Crippen LogP contribution >= 0.6 is 11.6 Å². The second-order valence-electron chi connectivity index (χ2n) is 6.33. The average molecular weight is 300 g/mol. The fraction of sp³-hybridized carbons (Fsp3) is 0.625. The monoisotopic (exact) mass is 299 g/mol. The van der Waals surface area contributed by atoms with Crippen LogP contribution in [0.5, 0.6) is 0 Å². The molecule has 0 spiro atoms. The number of rotatable bonds is 4. The van der Waals surface area contributed by atoms with Gasteiger partial charge in [-0.25, -0.2) is 4.39 Å². The van der Waals surface area contributed by atoms with Crippen molar-refractivity contribution < 1.29 is 9.50 Å². The van der Waals surface area contributed by atoms with Crippen molar-refractivity contribution in [3.63, 3.8) is 0 Å². The molecule has 1 saturated heterocycles. The summed E-state index contributed by atoms with van der Waals surface area (Å²) in [6, 6.07) is 4.53. The van der Waals surface area contributed by atoms with Crippen LogP contribution in [0.15, 0.2) is 18.2 Å². The minimum atomic E-state index is -0.807. The van der Waals surface area contributed by atoms with E-state index in [4.69, 9.17) is 11.6 Å². The molecule has 1 aromatic rings. The van der Waals surface area contributed by atoms with Crippen molar-refractivity contribution in [2.45, 2.75) is 38.7 Å². The van der Waals surface area contributed by atoms with Crippen LogP contribution in [-0.4, -0.2) is 35.2 Å². The minimum Gasteiger partial charge on any atom is -0.389 e. The molecule has 2 nitrogen and oxygen atoms in total. The molecule has 1 fully saturated rings. The first kappa shape index (κ1) is 15.7. The number of hydrogen-bond donors (Lipinski definition) is 1. The first-order chi connectivity index (χ1) is 9.38. The Morgan fingerprint density at radius 3 is 2.60 bits per heavy atom. The van der Waals surface area contributed by atoms with E-state index in [1.165, 1.54) is 12.1 Å². The van der Waals surface area contributed by atoms with Gasteiger partial charge in [-0.1, -0.05) is 25.4 Å². The maximum absolute atomic E-state index is 13.8. The Bertz CT molecular complexity index is 456. The van der Waals surface area contributed by atoms with Crippen molar-refractivity contribution in [3.05, 3.63) is 34.6 Å². The third kappa shape index (κ3) is 4.18. The fourth-order valence-electron chi connectivity index (χ4n) is 2.88. The summed E-state index contributed by atoms with van der Waals surface area (Å²) in [5, 5.41) is 11.2. The summed E-state index contributed by atoms with van der Waals surface area (Å²) in [4.78, 5) is 2.37. The van der Waals surface area contributed by atoms with Crippen LogP contribution in [0.25, 0.3) is 0 Å². The van der Waals surface area contributed by atoms with Gasteiger partial charge >= 0.3 is 0 Å². The first-order valence-electron chi connectivity index (χ1n) is 7.27. The maximum Gasteiger partial charge on any atom is 0.126 e. The van der Waals surface area contributed by atoms with Crippen LogP contribution in [0.1, 0.15) is 32.3 Å². The third-order valence-corrected chi connectivity index (χ3v) is 4.17. The summed E-state index contributed by atoms with van der Waals surface area (Å²) in [6.45, 7) is 7.19. The summed E-state index contributed by atoms with van der Waals surface area (Å²) >= 11 is 5.90. The van der Waals surface area contributed by atoms with Crippen LogP contribution in [0.3, 0.4) is 0 Å². The second-order valence-corrected chi connectivity index (χ2v) is 6.77. The Morgan fingerprint density at radius 1 is 1.35 bits per heavy atom. The summed E-state index contributed by atoms with van der Waals surface area (Å²) < 4.78 is 13.8. The zero-order valence-corrected chi connectivity index (χ0v) is 13.0. The number of likely N-dealkylation sites (tertiary alicyclic amines) is 1. The van der Waals surface area contributed by atoms with Crippen molar-refractivity contribution in [3.8, 4) is 0 Å². The summed E-state index contributed by atoms with van der Waals surface area (Å²) in [5.41, 5.74) is -0.295. The molecule has 0 saturated carbocycles. The smallest absolute Gasteiger partial charge is 0.126 e. The zero-order valence-electron chi connectivity index (χ0n) is 12.2. The molecule has 2 rings (SSSR count). The van der Waals surface area contributed by atoms with Gasteiger partial charge in [-0.05, 0) is 42.5 Å². The highest BCUT2D eigenvalue weighted by Crippen LogP contribution is 2.28. The number of benzene rings is 1. The molecular formula is C16H23ClFNO. The van der Waals surface area contributed by atoms with Crippen LogP contribution in [0, 0.1) is 11.7 Å². The Morgan fingerprint density at radius 2 is 2.00 bits per heavy atom. The Hall–Kier alpha value is -0.640. The lowest BCUT2D eigenvalue weighted by Gasteiger charge is -2.39. The van der Waals surface area contributed by atoms with Gasteiger partial charge in [0.25, 0.3) is 0 Å². The summed E-state index contributed by atoms with van der Waals surface area (Å²) in [7, 11) is 0. The van der Waals surface area contributed by atoms with E-state index in [0.717, 1.165) is 19.6 Å². The van der Waals surface area contributed by atoms with E-state index in [1.807, 2.05) is 0 Å². The Balaban J connectivity index is 1.98. The summed E-state index contributed by atoms with van der Waals surface area (Å²) in [6.07, 6.45) is 1.71. The van der Waals surface area contributed by atoms with Crippen molar-refractivity contribution in [2.75, 3.05) is 19.6 Å². The van der Waals surface area contributed by atoms with Gasteiger partial charge in [0.1, 0.15) is 5.82 Å². The lowest BCUT2D eigenvalue weighted by molar-refractivity contribution is -0.0232. The number of aliphatic hydroxyl groups is 1. The molecule has 1 aromatic carbocycles. The molecule has 1 aliphatic heterocycles. The van der Waals surface area contributed by atoms with E-state index in [1.54, 1.807) is 6.07 Å². The molecule has 0 radical (unpaired) electrons. The summed E-state index contributed by atoms with van der Waals surface area (Å²) in [5.74, 6) is 0.346. The molecule has 1 heterocycles. The molecule has 1 N–H and O–H groups in total. The van der Waals surface area contributed by atoms with Gasteiger partial charge in [-0.2, -0.15) is 0 Å². The predicted molar refractivity (Wildman–Crippen MR) is 80.6 cm³/mol. The van der Waals surface area contributed by atoms with Crippen LogP contribution in [0.2, 0.25) is 5.02 Å². The standard InChI is InChI=1S/C16H23ClFNO/c1-12(2)11-19-7-5-16(20,6-8-19)10-13-9-14(17)3-4-15(13)18/h3-4,9,12,20H,5-8,10-11H2,1-2H3. The van der Waals surface area contributed by atoms with Gasteiger partial charge in [0, 0.05) is 31.1 Å². The zero-order chi connectivity index (χ0) is 14.8. The molecule has 0 atom stereocenters. The largest absolute Gasteiger partial charge is 0.389 e. The molecule has 0 aliphatic carbocycles. The molecule has 0 aromatic heterocycles. The number of piperidine rings is 1. The van der Waals surface area contributed by atoms with Gasteiger partial charge in [-0.3, -0.25) is 0 Å². The topological polar surface area (TPSA) is 23.5 Å². The van der Waals surface area contributed by atoms with Gasteiger partial charge in [0.05, 0.1) is 5.60 Å². The van der Waals surface area contributed by atoms with E-state index in [2.05, 4.69) is 18.7 Å². The average Bonchev–Trinajstić information content (AvgIpc) is 2.36. The number of hydrogen-bond acceptors (Lipinski definition) is 2. The van der Waals surface area contributed by atoms with Crippen molar-refractivity contribution in [1.29, 1.82) is 0 Å². The first-order valence-corrected chi connectivity index (χ1v) is 7.64. The molecule has 0 amide bonds. The Kier molecular flexibility index (Phi) is 5.05. The predicted octanol–water partition coefficient (Wildman–Crippen LogP) is 3.50. The van der Waals surface area contributed by atoms with Crippen LogP contribution in [0.4, 0.5) is 4.39 Å². The SMILES string of the molecule is CC(C)CN1CCC(O)(Cc2cc(Cl)ccc2F)CC1. The van der Waals surface area contributed by atoms with Crippen molar-refractivity contribution in [2.24, 2.45) is 5.92 Å². The number of halogens is 2. The highest BCUT2D eigenvalue weighted by atomic mass is 35.5. The Labute approximate surface area is 125 Å². The second kappa shape index (κ2) is 6.42. The lowest BCUT2D eigenvalue weighted by atomic mass is 9.85. The third-order valence-electron chi connectivity index (χ3n) is 3.94.